The molecule has 0 aromatic rings. The van der Waals surface area contributed by atoms with E-state index in [0.717, 1.165) is 13.2 Å². The third-order valence-corrected chi connectivity index (χ3v) is 34.1. The van der Waals surface area contributed by atoms with Gasteiger partial charge in [-0.3, -0.25) is 0 Å². The zero-order valence-corrected chi connectivity index (χ0v) is 29.3. The van der Waals surface area contributed by atoms with Gasteiger partial charge in [0.05, 0.1) is 0 Å². The molecule has 188 valence electrons. The molecule has 0 aromatic carbocycles. The lowest BCUT2D eigenvalue weighted by Gasteiger charge is -2.33. The van der Waals surface area contributed by atoms with E-state index in [1.807, 2.05) is 0 Å². The van der Waals surface area contributed by atoms with Crippen LogP contribution in [0.4, 0.5) is 0 Å². The van der Waals surface area contributed by atoms with Gasteiger partial charge < -0.3 is 17.1 Å². The van der Waals surface area contributed by atoms with Gasteiger partial charge in [0.1, 0.15) is 0 Å². The molecule has 0 saturated heterocycles. The Labute approximate surface area is 203 Å². The van der Waals surface area contributed by atoms with E-state index < -0.39 is 50.9 Å². The summed E-state index contributed by atoms with van der Waals surface area (Å²) in [4.78, 5) is 0. The largest absolute Gasteiger partial charge is 0.460 e. The highest BCUT2D eigenvalue weighted by Gasteiger charge is 2.38. The van der Waals surface area contributed by atoms with Gasteiger partial charge in [-0.1, -0.05) is 46.0 Å². The number of rotatable bonds is 20. The molecule has 2 atom stereocenters. The van der Waals surface area contributed by atoms with Crippen LogP contribution in [0.5, 0.6) is 0 Å². The lowest BCUT2D eigenvalue weighted by molar-refractivity contribution is 0.306. The quantitative estimate of drug-likeness (QED) is 0.144. The Hall–Kier alpha value is 1.14. The van der Waals surface area contributed by atoms with E-state index in [1.54, 1.807) is 0 Å². The van der Waals surface area contributed by atoms with Gasteiger partial charge in [-0.05, 0) is 77.3 Å². The summed E-state index contributed by atoms with van der Waals surface area (Å²) in [6.07, 6.45) is 8.73. The van der Waals surface area contributed by atoms with Crippen molar-refractivity contribution < 1.29 is 17.1 Å². The molecular formula is C21H56O4Si6. The molecule has 0 rings (SSSR count). The van der Waals surface area contributed by atoms with Gasteiger partial charge in [-0.15, -0.1) is 0 Å². The zero-order valence-electron chi connectivity index (χ0n) is 22.7. The van der Waals surface area contributed by atoms with E-state index in [1.165, 1.54) is 57.0 Å². The maximum atomic E-state index is 6.63. The summed E-state index contributed by atoms with van der Waals surface area (Å²) >= 11 is 0. The van der Waals surface area contributed by atoms with Crippen molar-refractivity contribution >= 4 is 50.9 Å². The van der Waals surface area contributed by atoms with E-state index in [0.29, 0.717) is 0 Å². The molecule has 0 heterocycles. The van der Waals surface area contributed by atoms with Crippen LogP contribution in [0, 0.1) is 0 Å². The SMILES string of the molecule is CCCCO[Si](C)(C)[SiH](CCCCC[SiH](O[SiH](C)C)[Si](C)(C)OCCCC)O[SiH](C)C. The molecule has 0 fully saturated rings. The molecule has 0 N–H and O–H groups in total. The van der Waals surface area contributed by atoms with Gasteiger partial charge in [-0.2, -0.15) is 0 Å². The molecule has 0 radical (unpaired) electrons. The Kier molecular flexibility index (Phi) is 18.2. The Morgan fingerprint density at radius 3 is 1.19 bits per heavy atom. The van der Waals surface area contributed by atoms with Gasteiger partial charge >= 0.3 is 0 Å². The first-order chi connectivity index (χ1) is 14.5. The summed E-state index contributed by atoms with van der Waals surface area (Å²) in [7, 11) is -7.79. The lowest BCUT2D eigenvalue weighted by atomic mass is 10.3. The highest BCUT2D eigenvalue weighted by atomic mass is 29.3. The van der Waals surface area contributed by atoms with Crippen LogP contribution in [0.1, 0.15) is 58.8 Å². The average Bonchev–Trinajstić information content (AvgIpc) is 2.65. The van der Waals surface area contributed by atoms with Crippen LogP contribution >= 0.6 is 0 Å². The first kappa shape index (κ1) is 32.1. The fraction of sp³-hybridized carbons (Fsp3) is 1.00. The minimum atomic E-state index is -1.66. The monoisotopic (exact) mass is 540 g/mol. The summed E-state index contributed by atoms with van der Waals surface area (Å²) in [6, 6.07) is 2.60. The van der Waals surface area contributed by atoms with E-state index in [2.05, 4.69) is 66.2 Å². The van der Waals surface area contributed by atoms with Crippen LogP contribution < -0.4 is 0 Å². The first-order valence-corrected chi connectivity index (χ1v) is 30.6. The van der Waals surface area contributed by atoms with Crippen molar-refractivity contribution in [2.24, 2.45) is 0 Å². The molecule has 0 aliphatic heterocycles. The average molecular weight is 541 g/mol. The second-order valence-electron chi connectivity index (χ2n) is 10.6. The molecule has 0 aromatic heterocycles. The molecule has 4 nitrogen and oxygen atoms in total. The van der Waals surface area contributed by atoms with Crippen molar-refractivity contribution in [3.8, 4) is 0 Å². The smallest absolute Gasteiger partial charge is 0.200 e. The molecule has 31 heavy (non-hydrogen) atoms. The first-order valence-electron chi connectivity index (χ1n) is 13.0. The van der Waals surface area contributed by atoms with E-state index in [-0.39, 0.29) is 0 Å². The summed E-state index contributed by atoms with van der Waals surface area (Å²) in [5.41, 5.74) is 0. The summed E-state index contributed by atoms with van der Waals surface area (Å²) in [5, 5.41) is 0. The molecule has 0 spiro atoms. The van der Waals surface area contributed by atoms with Gasteiger partial charge in [-0.25, -0.2) is 0 Å². The van der Waals surface area contributed by atoms with Crippen molar-refractivity contribution in [1.82, 2.24) is 0 Å². The number of hydrogen-bond donors (Lipinski definition) is 0. The molecule has 2 unspecified atom stereocenters. The summed E-state index contributed by atoms with van der Waals surface area (Å²) < 4.78 is 26.1. The third kappa shape index (κ3) is 15.6. The second kappa shape index (κ2) is 17.6. The van der Waals surface area contributed by atoms with E-state index in [9.17, 15) is 0 Å². The van der Waals surface area contributed by atoms with Crippen molar-refractivity contribution in [3.63, 3.8) is 0 Å². The molecule has 0 amide bonds. The minimum absolute atomic E-state index is 0.934. The normalized spacial score (nSPS) is 15.1. The molecular weight excluding hydrogens is 485 g/mol. The molecule has 0 aliphatic rings. The zero-order chi connectivity index (χ0) is 23.9. The number of hydrogen-bond acceptors (Lipinski definition) is 4. The summed E-state index contributed by atoms with van der Waals surface area (Å²) in [6.45, 7) is 25.3. The number of unbranched alkanes of at least 4 members (excludes halogenated alkanes) is 4. The fourth-order valence-electron chi connectivity index (χ4n) is 3.80. The Morgan fingerprint density at radius 2 is 0.903 bits per heavy atom. The predicted octanol–water partition coefficient (Wildman–Crippen LogP) is 5.80. The Morgan fingerprint density at radius 1 is 0.548 bits per heavy atom. The highest BCUT2D eigenvalue weighted by molar-refractivity contribution is 7.28. The standard InChI is InChI=1S/C21H56O4Si6/c1-11-13-18-22-30(7,8)28(24-26(3)4)20-16-15-17-21-29(25-27(5)6)31(9,10)23-19-14-12-2/h26-29H,11-21H2,1-10H3. The van der Waals surface area contributed by atoms with Crippen LogP contribution in [0.25, 0.3) is 0 Å². The molecule has 0 saturated carbocycles. The van der Waals surface area contributed by atoms with Crippen LogP contribution in [-0.4, -0.2) is 64.1 Å². The van der Waals surface area contributed by atoms with Crippen LogP contribution in [0.2, 0.25) is 64.5 Å². The van der Waals surface area contributed by atoms with Crippen LogP contribution in [0.3, 0.4) is 0 Å². The fourth-order valence-corrected chi connectivity index (χ4v) is 35.2. The van der Waals surface area contributed by atoms with Crippen molar-refractivity contribution in [1.29, 1.82) is 0 Å². The van der Waals surface area contributed by atoms with Gasteiger partial charge in [0.2, 0.25) is 15.7 Å². The predicted molar refractivity (Wildman–Crippen MR) is 154 cm³/mol. The Balaban J connectivity index is 4.65. The highest BCUT2D eigenvalue weighted by Crippen LogP contribution is 2.22. The molecule has 0 aliphatic carbocycles. The van der Waals surface area contributed by atoms with Crippen molar-refractivity contribution in [2.75, 3.05) is 13.2 Å². The minimum Gasteiger partial charge on any atom is -0.460 e. The van der Waals surface area contributed by atoms with Gasteiger partial charge in [0, 0.05) is 13.2 Å². The second-order valence-corrected chi connectivity index (χ2v) is 39.3. The maximum Gasteiger partial charge on any atom is 0.200 e. The molecule has 0 bridgehead atoms. The van der Waals surface area contributed by atoms with Crippen LogP contribution in [-0.2, 0) is 17.1 Å². The van der Waals surface area contributed by atoms with Gasteiger partial charge in [0.25, 0.3) is 0 Å². The van der Waals surface area contributed by atoms with E-state index >= 15 is 0 Å². The lowest BCUT2D eigenvalue weighted by Crippen LogP contribution is -2.52. The third-order valence-electron chi connectivity index (χ3n) is 5.80. The topological polar surface area (TPSA) is 36.9 Å². The van der Waals surface area contributed by atoms with Gasteiger partial charge in [0.15, 0.2) is 35.2 Å². The van der Waals surface area contributed by atoms with Crippen molar-refractivity contribution in [2.45, 2.75) is 123 Å². The van der Waals surface area contributed by atoms with Crippen molar-refractivity contribution in [3.05, 3.63) is 0 Å². The van der Waals surface area contributed by atoms with Crippen LogP contribution in [0.15, 0.2) is 0 Å². The van der Waals surface area contributed by atoms with E-state index in [4.69, 9.17) is 17.1 Å². The maximum absolute atomic E-state index is 6.63. The Bertz CT molecular complexity index is 400. The summed E-state index contributed by atoms with van der Waals surface area (Å²) in [5.74, 6) is 0. The molecule has 10 heteroatoms.